The number of nitrogens with zero attached hydrogens (tertiary/aromatic N) is 1. The quantitative estimate of drug-likeness (QED) is 0.673. The van der Waals surface area contributed by atoms with Crippen LogP contribution in [0.1, 0.15) is 35.7 Å². The minimum Gasteiger partial charge on any atom is -0.490 e. The number of thiazole rings is 1. The Labute approximate surface area is 162 Å². The van der Waals surface area contributed by atoms with Gasteiger partial charge in [-0.25, -0.2) is 4.98 Å². The highest BCUT2D eigenvalue weighted by Gasteiger charge is 2.19. The van der Waals surface area contributed by atoms with Crippen LogP contribution in [0.5, 0.6) is 5.75 Å². The number of carbonyl (C=O) groups excluding carboxylic acids is 1. The van der Waals surface area contributed by atoms with Gasteiger partial charge < -0.3 is 9.47 Å². The lowest BCUT2D eigenvalue weighted by Crippen LogP contribution is -2.19. The van der Waals surface area contributed by atoms with E-state index in [0.717, 1.165) is 36.1 Å². The molecule has 1 fully saturated rings. The van der Waals surface area contributed by atoms with Crippen LogP contribution in [-0.2, 0) is 11.2 Å². The van der Waals surface area contributed by atoms with E-state index in [-0.39, 0.29) is 12.0 Å². The Hall–Kier alpha value is -2.44. The van der Waals surface area contributed by atoms with Crippen molar-refractivity contribution in [3.05, 3.63) is 53.6 Å². The molecule has 0 radical (unpaired) electrons. The van der Waals surface area contributed by atoms with Crippen molar-refractivity contribution in [3.63, 3.8) is 0 Å². The molecule has 1 aromatic heterocycles. The third-order valence-corrected chi connectivity index (χ3v) is 5.60. The smallest absolute Gasteiger partial charge is 0.261 e. The summed E-state index contributed by atoms with van der Waals surface area (Å²) in [5.41, 5.74) is 2.66. The fourth-order valence-electron chi connectivity index (χ4n) is 3.15. The second-order valence-corrected chi connectivity index (χ2v) is 7.60. The van der Waals surface area contributed by atoms with E-state index in [2.05, 4.69) is 29.4 Å². The molecule has 1 aliphatic heterocycles. The van der Waals surface area contributed by atoms with Gasteiger partial charge in [0.25, 0.3) is 5.91 Å². The molecule has 1 amide bonds. The molecular weight excluding hydrogens is 360 g/mol. The molecule has 140 valence electrons. The summed E-state index contributed by atoms with van der Waals surface area (Å²) < 4.78 is 12.5. The molecular formula is C21H22N2O3S. The number of rotatable bonds is 6. The number of benzene rings is 2. The van der Waals surface area contributed by atoms with Crippen molar-refractivity contribution in [2.75, 3.05) is 18.5 Å². The molecule has 6 heteroatoms. The van der Waals surface area contributed by atoms with E-state index in [0.29, 0.717) is 23.1 Å². The summed E-state index contributed by atoms with van der Waals surface area (Å²) in [4.78, 5) is 17.3. The summed E-state index contributed by atoms with van der Waals surface area (Å²) in [6.07, 6.45) is 3.15. The molecule has 3 aromatic rings. The van der Waals surface area contributed by atoms with Crippen molar-refractivity contribution in [2.24, 2.45) is 0 Å². The second-order valence-electron chi connectivity index (χ2n) is 6.57. The lowest BCUT2D eigenvalue weighted by atomic mass is 10.2. The summed E-state index contributed by atoms with van der Waals surface area (Å²) in [5.74, 6) is 0.354. The van der Waals surface area contributed by atoms with Gasteiger partial charge in [0.15, 0.2) is 5.13 Å². The Balaban J connectivity index is 1.49. The number of amides is 1. The average Bonchev–Trinajstić information content (AvgIpc) is 3.35. The van der Waals surface area contributed by atoms with E-state index < -0.39 is 0 Å². The normalized spacial score (nSPS) is 16.6. The number of ether oxygens (including phenoxy) is 2. The van der Waals surface area contributed by atoms with E-state index in [4.69, 9.17) is 9.47 Å². The van der Waals surface area contributed by atoms with E-state index in [1.807, 2.05) is 24.3 Å². The van der Waals surface area contributed by atoms with Gasteiger partial charge in [-0.1, -0.05) is 36.5 Å². The van der Waals surface area contributed by atoms with E-state index in [9.17, 15) is 4.79 Å². The van der Waals surface area contributed by atoms with Crippen LogP contribution < -0.4 is 10.1 Å². The predicted octanol–water partition coefficient (Wildman–Crippen LogP) is 4.67. The van der Waals surface area contributed by atoms with Crippen molar-refractivity contribution in [1.29, 1.82) is 0 Å². The molecule has 2 aromatic carbocycles. The number of aromatic nitrogens is 1. The van der Waals surface area contributed by atoms with Crippen LogP contribution in [0.3, 0.4) is 0 Å². The highest BCUT2D eigenvalue weighted by Crippen LogP contribution is 2.28. The summed E-state index contributed by atoms with van der Waals surface area (Å²) >= 11 is 1.49. The summed E-state index contributed by atoms with van der Waals surface area (Å²) in [6.45, 7) is 3.37. The van der Waals surface area contributed by atoms with Crippen molar-refractivity contribution in [1.82, 2.24) is 4.98 Å². The third kappa shape index (κ3) is 4.12. The first-order chi connectivity index (χ1) is 13.2. The van der Waals surface area contributed by atoms with Crippen LogP contribution >= 0.6 is 11.3 Å². The van der Waals surface area contributed by atoms with E-state index >= 15 is 0 Å². The highest BCUT2D eigenvalue weighted by atomic mass is 32.1. The summed E-state index contributed by atoms with van der Waals surface area (Å²) in [5, 5.41) is 3.51. The largest absolute Gasteiger partial charge is 0.490 e. The molecule has 1 atom stereocenters. The van der Waals surface area contributed by atoms with Crippen LogP contribution in [0, 0.1) is 0 Å². The summed E-state index contributed by atoms with van der Waals surface area (Å²) in [7, 11) is 0. The van der Waals surface area contributed by atoms with Crippen LogP contribution in [0.4, 0.5) is 5.13 Å². The Morgan fingerprint density at radius 1 is 1.33 bits per heavy atom. The van der Waals surface area contributed by atoms with Gasteiger partial charge in [-0.15, -0.1) is 0 Å². The van der Waals surface area contributed by atoms with Gasteiger partial charge in [0.1, 0.15) is 12.4 Å². The molecule has 0 bridgehead atoms. The van der Waals surface area contributed by atoms with Gasteiger partial charge in [0.05, 0.1) is 21.9 Å². The predicted molar refractivity (Wildman–Crippen MR) is 108 cm³/mol. The zero-order valence-electron chi connectivity index (χ0n) is 15.2. The minimum absolute atomic E-state index is 0.109. The average molecular weight is 382 g/mol. The lowest BCUT2D eigenvalue weighted by molar-refractivity contribution is 0.0673. The highest BCUT2D eigenvalue weighted by molar-refractivity contribution is 7.22. The molecule has 0 spiro atoms. The van der Waals surface area contributed by atoms with E-state index in [1.54, 1.807) is 6.07 Å². The minimum atomic E-state index is -0.215. The van der Waals surface area contributed by atoms with E-state index in [1.165, 1.54) is 16.9 Å². The number of anilines is 1. The standard InChI is InChI=1S/C21H22N2O3S/c1-2-14-9-10-17-19(12-14)27-21(22-17)23-20(24)16-7-3-4-8-18(16)26-13-15-6-5-11-25-15/h3-4,7-10,12,15H,2,5-6,11,13H2,1H3,(H,22,23,24). The Morgan fingerprint density at radius 3 is 3.04 bits per heavy atom. The third-order valence-electron chi connectivity index (χ3n) is 4.66. The number of para-hydroxylation sites is 1. The van der Waals surface area contributed by atoms with Crippen LogP contribution in [0.15, 0.2) is 42.5 Å². The first-order valence-electron chi connectivity index (χ1n) is 9.27. The number of fused-ring (bicyclic) bond motifs is 1. The van der Waals surface area contributed by atoms with Gasteiger partial charge >= 0.3 is 0 Å². The molecule has 2 heterocycles. The summed E-state index contributed by atoms with van der Waals surface area (Å²) in [6, 6.07) is 13.5. The molecule has 1 aliphatic rings. The van der Waals surface area contributed by atoms with Gasteiger partial charge in [-0.2, -0.15) is 0 Å². The molecule has 0 aliphatic carbocycles. The number of hydrogen-bond acceptors (Lipinski definition) is 5. The molecule has 5 nitrogen and oxygen atoms in total. The fourth-order valence-corrected chi connectivity index (χ4v) is 4.07. The van der Waals surface area contributed by atoms with Crippen molar-refractivity contribution in [2.45, 2.75) is 32.3 Å². The zero-order valence-corrected chi connectivity index (χ0v) is 16.1. The van der Waals surface area contributed by atoms with Crippen molar-refractivity contribution in [3.8, 4) is 5.75 Å². The zero-order chi connectivity index (χ0) is 18.6. The van der Waals surface area contributed by atoms with Gasteiger partial charge in [-0.3, -0.25) is 10.1 Å². The van der Waals surface area contributed by atoms with Crippen LogP contribution in [-0.4, -0.2) is 30.2 Å². The van der Waals surface area contributed by atoms with Gasteiger partial charge in [-0.05, 0) is 49.1 Å². The molecule has 1 N–H and O–H groups in total. The number of nitrogens with one attached hydrogen (secondary N) is 1. The number of carbonyl (C=O) groups is 1. The fraction of sp³-hybridized carbons (Fsp3) is 0.333. The molecule has 1 unspecified atom stereocenters. The first-order valence-corrected chi connectivity index (χ1v) is 10.1. The van der Waals surface area contributed by atoms with Crippen molar-refractivity contribution < 1.29 is 14.3 Å². The molecule has 1 saturated heterocycles. The molecule has 27 heavy (non-hydrogen) atoms. The maximum absolute atomic E-state index is 12.8. The van der Waals surface area contributed by atoms with Crippen LogP contribution in [0.2, 0.25) is 0 Å². The Kier molecular flexibility index (Phi) is 5.36. The first kappa shape index (κ1) is 17.9. The second kappa shape index (κ2) is 8.06. The van der Waals surface area contributed by atoms with Crippen molar-refractivity contribution >= 4 is 32.6 Å². The maximum atomic E-state index is 12.8. The molecule has 0 saturated carbocycles. The van der Waals surface area contributed by atoms with Gasteiger partial charge in [0.2, 0.25) is 0 Å². The lowest BCUT2D eigenvalue weighted by Gasteiger charge is -2.14. The Bertz CT molecular complexity index is 948. The maximum Gasteiger partial charge on any atom is 0.261 e. The van der Waals surface area contributed by atoms with Crippen LogP contribution in [0.25, 0.3) is 10.2 Å². The number of hydrogen-bond donors (Lipinski definition) is 1. The van der Waals surface area contributed by atoms with Gasteiger partial charge in [0, 0.05) is 6.61 Å². The Morgan fingerprint density at radius 2 is 2.22 bits per heavy atom. The molecule has 4 rings (SSSR count). The topological polar surface area (TPSA) is 60.5 Å². The monoisotopic (exact) mass is 382 g/mol. The SMILES string of the molecule is CCc1ccc2nc(NC(=O)c3ccccc3OCC3CCCO3)sc2c1. The number of aryl methyl sites for hydroxylation is 1.